The molecule has 140 valence electrons. The van der Waals surface area contributed by atoms with E-state index in [0.29, 0.717) is 10.7 Å². The maximum atomic E-state index is 13.3. The van der Waals surface area contributed by atoms with Gasteiger partial charge in [0.25, 0.3) is 0 Å². The molecule has 0 spiro atoms. The van der Waals surface area contributed by atoms with Gasteiger partial charge in [0.05, 0.1) is 10.7 Å². The van der Waals surface area contributed by atoms with Gasteiger partial charge in [-0.05, 0) is 17.7 Å². The first kappa shape index (κ1) is 19.0. The Morgan fingerprint density at radius 3 is 2.37 bits per heavy atom. The molecule has 0 fully saturated rings. The number of alkyl halides is 3. The lowest BCUT2D eigenvalue weighted by molar-refractivity contribution is -0.139. The van der Waals surface area contributed by atoms with Crippen molar-refractivity contribution in [3.63, 3.8) is 0 Å². The first-order valence-corrected chi connectivity index (χ1v) is 8.33. The average Bonchev–Trinajstić information content (AvgIpc) is 2.66. The third-order valence-corrected chi connectivity index (χ3v) is 4.10. The number of hydrogen-bond donors (Lipinski definition) is 0. The van der Waals surface area contributed by atoms with E-state index in [0.717, 1.165) is 11.8 Å². The zero-order valence-electron chi connectivity index (χ0n) is 14.2. The summed E-state index contributed by atoms with van der Waals surface area (Å²) in [5, 5.41) is 0.426. The van der Waals surface area contributed by atoms with Crippen molar-refractivity contribution in [1.82, 2.24) is 9.97 Å². The molecule has 1 aromatic heterocycles. The zero-order chi connectivity index (χ0) is 19.4. The Morgan fingerprint density at radius 1 is 1.04 bits per heavy atom. The van der Waals surface area contributed by atoms with Crippen molar-refractivity contribution < 1.29 is 17.9 Å². The van der Waals surface area contributed by atoms with Crippen molar-refractivity contribution in [2.75, 3.05) is 11.9 Å². The van der Waals surface area contributed by atoms with E-state index >= 15 is 0 Å². The van der Waals surface area contributed by atoms with Crippen LogP contribution in [0.2, 0.25) is 5.02 Å². The Morgan fingerprint density at radius 2 is 1.70 bits per heavy atom. The first-order chi connectivity index (χ1) is 12.9. The largest absolute Gasteiger partial charge is 0.472 e. The van der Waals surface area contributed by atoms with Crippen molar-refractivity contribution in [3.05, 3.63) is 76.9 Å². The third-order valence-electron chi connectivity index (χ3n) is 3.78. The standard InChI is InChI=1S/C19H15ClF3N3O/c1-26(16-10-6-5-9-15(16)20)18-24-11-14(19(21,22)23)17(25-18)27-12-13-7-3-2-4-8-13/h2-11H,12H2,1H3. The summed E-state index contributed by atoms with van der Waals surface area (Å²) in [6.45, 7) is -0.0455. The van der Waals surface area contributed by atoms with E-state index in [-0.39, 0.29) is 12.6 Å². The van der Waals surface area contributed by atoms with Crippen LogP contribution in [0.25, 0.3) is 0 Å². The lowest BCUT2D eigenvalue weighted by Crippen LogP contribution is -2.17. The van der Waals surface area contributed by atoms with Gasteiger partial charge in [-0.1, -0.05) is 54.1 Å². The Balaban J connectivity index is 1.94. The number of para-hydroxylation sites is 1. The van der Waals surface area contributed by atoms with E-state index in [1.807, 2.05) is 6.07 Å². The van der Waals surface area contributed by atoms with Gasteiger partial charge < -0.3 is 9.64 Å². The summed E-state index contributed by atoms with van der Waals surface area (Å²) in [4.78, 5) is 9.32. The third kappa shape index (κ3) is 4.49. The number of hydrogen-bond acceptors (Lipinski definition) is 4. The fourth-order valence-corrected chi connectivity index (χ4v) is 2.64. The molecule has 0 bridgehead atoms. The predicted octanol–water partition coefficient (Wildman–Crippen LogP) is 5.50. The Kier molecular flexibility index (Phi) is 5.51. The molecule has 0 N–H and O–H groups in total. The summed E-state index contributed by atoms with van der Waals surface area (Å²) in [6.07, 6.45) is -3.91. The lowest BCUT2D eigenvalue weighted by Gasteiger charge is -2.20. The number of ether oxygens (including phenoxy) is 1. The van der Waals surface area contributed by atoms with Crippen LogP contribution in [0.15, 0.2) is 60.8 Å². The van der Waals surface area contributed by atoms with Gasteiger partial charge in [-0.25, -0.2) is 4.98 Å². The molecule has 3 aromatic rings. The summed E-state index contributed by atoms with van der Waals surface area (Å²) >= 11 is 6.15. The summed E-state index contributed by atoms with van der Waals surface area (Å²) in [5.41, 5.74) is 0.257. The van der Waals surface area contributed by atoms with Crippen molar-refractivity contribution in [3.8, 4) is 5.88 Å². The summed E-state index contributed by atoms with van der Waals surface area (Å²) in [5.74, 6) is -0.491. The predicted molar refractivity (Wildman–Crippen MR) is 97.3 cm³/mol. The molecular formula is C19H15ClF3N3O. The van der Waals surface area contributed by atoms with Crippen LogP contribution in [0, 0.1) is 0 Å². The Hall–Kier alpha value is -2.80. The number of halogens is 4. The van der Waals surface area contributed by atoms with E-state index in [9.17, 15) is 13.2 Å². The molecule has 4 nitrogen and oxygen atoms in total. The van der Waals surface area contributed by atoms with Crippen molar-refractivity contribution in [2.24, 2.45) is 0 Å². The van der Waals surface area contributed by atoms with Gasteiger partial charge in [-0.3, -0.25) is 0 Å². The number of aromatic nitrogens is 2. The second-order valence-electron chi connectivity index (χ2n) is 5.67. The quantitative estimate of drug-likeness (QED) is 0.574. The molecule has 0 unspecified atom stereocenters. The minimum absolute atomic E-state index is 0.0409. The van der Waals surface area contributed by atoms with Gasteiger partial charge in [-0.15, -0.1) is 0 Å². The smallest absolute Gasteiger partial charge is 0.423 e. The molecule has 3 rings (SSSR count). The van der Waals surface area contributed by atoms with Gasteiger partial charge in [0, 0.05) is 13.2 Å². The molecule has 0 aliphatic rings. The number of nitrogens with zero attached hydrogens (tertiary/aromatic N) is 3. The molecule has 0 atom stereocenters. The van der Waals surface area contributed by atoms with Gasteiger partial charge >= 0.3 is 6.18 Å². The molecule has 2 aromatic carbocycles. The Labute approximate surface area is 159 Å². The zero-order valence-corrected chi connectivity index (χ0v) is 15.0. The number of rotatable bonds is 5. The molecule has 8 heteroatoms. The summed E-state index contributed by atoms with van der Waals surface area (Å²) in [7, 11) is 1.62. The maximum absolute atomic E-state index is 13.3. The first-order valence-electron chi connectivity index (χ1n) is 7.95. The van der Waals surface area contributed by atoms with Gasteiger partial charge in [0.1, 0.15) is 12.2 Å². The van der Waals surface area contributed by atoms with Crippen molar-refractivity contribution in [1.29, 1.82) is 0 Å². The minimum Gasteiger partial charge on any atom is -0.472 e. The van der Waals surface area contributed by atoms with E-state index in [1.165, 1.54) is 4.90 Å². The van der Waals surface area contributed by atoms with E-state index in [2.05, 4.69) is 9.97 Å². The highest BCUT2D eigenvalue weighted by atomic mass is 35.5. The fourth-order valence-electron chi connectivity index (χ4n) is 2.38. The molecule has 0 aliphatic heterocycles. The molecular weight excluding hydrogens is 379 g/mol. The molecule has 0 aliphatic carbocycles. The summed E-state index contributed by atoms with van der Waals surface area (Å²) < 4.78 is 45.3. The molecule has 0 saturated heterocycles. The van der Waals surface area contributed by atoms with Gasteiger partial charge in [0.2, 0.25) is 11.8 Å². The lowest BCUT2D eigenvalue weighted by atomic mass is 10.2. The highest BCUT2D eigenvalue weighted by Crippen LogP contribution is 2.37. The number of anilines is 2. The van der Waals surface area contributed by atoms with Crippen molar-refractivity contribution in [2.45, 2.75) is 12.8 Å². The maximum Gasteiger partial charge on any atom is 0.423 e. The highest BCUT2D eigenvalue weighted by Gasteiger charge is 2.36. The van der Waals surface area contributed by atoms with Crippen LogP contribution in [0.3, 0.4) is 0 Å². The fraction of sp³-hybridized carbons (Fsp3) is 0.158. The van der Waals surface area contributed by atoms with E-state index < -0.39 is 17.6 Å². The Bertz CT molecular complexity index is 920. The normalized spacial score (nSPS) is 11.3. The SMILES string of the molecule is CN(c1ncc(C(F)(F)F)c(OCc2ccccc2)n1)c1ccccc1Cl. The second-order valence-corrected chi connectivity index (χ2v) is 6.08. The van der Waals surface area contributed by atoms with Crippen LogP contribution in [0.4, 0.5) is 24.8 Å². The average molecular weight is 394 g/mol. The summed E-state index contributed by atoms with van der Waals surface area (Å²) in [6, 6.07) is 15.8. The topological polar surface area (TPSA) is 38.2 Å². The molecule has 27 heavy (non-hydrogen) atoms. The van der Waals surface area contributed by atoms with Gasteiger partial charge in [0.15, 0.2) is 0 Å². The molecule has 0 radical (unpaired) electrons. The molecule has 0 saturated carbocycles. The van der Waals surface area contributed by atoms with Gasteiger partial charge in [-0.2, -0.15) is 18.2 Å². The molecule has 1 heterocycles. The monoisotopic (exact) mass is 393 g/mol. The van der Waals surface area contributed by atoms with E-state index in [4.69, 9.17) is 16.3 Å². The van der Waals surface area contributed by atoms with E-state index in [1.54, 1.807) is 55.6 Å². The van der Waals surface area contributed by atoms with Crippen LogP contribution < -0.4 is 9.64 Å². The molecule has 0 amide bonds. The van der Waals surface area contributed by atoms with Crippen LogP contribution in [-0.4, -0.2) is 17.0 Å². The minimum atomic E-state index is -4.63. The van der Waals surface area contributed by atoms with Crippen molar-refractivity contribution >= 4 is 23.2 Å². The highest BCUT2D eigenvalue weighted by molar-refractivity contribution is 6.33. The van der Waals surface area contributed by atoms with Crippen LogP contribution >= 0.6 is 11.6 Å². The van der Waals surface area contributed by atoms with Crippen LogP contribution in [-0.2, 0) is 12.8 Å². The van der Waals surface area contributed by atoms with Crippen LogP contribution in [0.1, 0.15) is 11.1 Å². The second kappa shape index (κ2) is 7.84. The number of benzene rings is 2. The van der Waals surface area contributed by atoms with Crippen LogP contribution in [0.5, 0.6) is 5.88 Å².